The van der Waals surface area contributed by atoms with Gasteiger partial charge in [0.1, 0.15) is 5.82 Å². The van der Waals surface area contributed by atoms with E-state index in [2.05, 4.69) is 28.2 Å². The van der Waals surface area contributed by atoms with E-state index in [0.717, 1.165) is 50.0 Å². The molecule has 0 bridgehead atoms. The van der Waals surface area contributed by atoms with Crippen LogP contribution in [0.5, 0.6) is 0 Å². The number of nitrogens with zero attached hydrogens (tertiary/aromatic N) is 3. The first-order valence-corrected chi connectivity index (χ1v) is 7.57. The van der Waals surface area contributed by atoms with Gasteiger partial charge in [-0.3, -0.25) is 0 Å². The smallest absolute Gasteiger partial charge is 0.130 e. The fourth-order valence-electron chi connectivity index (χ4n) is 2.82. The Labute approximate surface area is 121 Å². The maximum absolute atomic E-state index is 9.12. The molecule has 4 heteroatoms. The summed E-state index contributed by atoms with van der Waals surface area (Å²) in [5.41, 5.74) is 1.63. The van der Waals surface area contributed by atoms with Gasteiger partial charge in [0.05, 0.1) is 11.6 Å². The molecule has 0 radical (unpaired) electrons. The second-order valence-corrected chi connectivity index (χ2v) is 5.61. The number of aromatic nitrogens is 1. The first-order valence-electron chi connectivity index (χ1n) is 7.57. The van der Waals surface area contributed by atoms with Crippen LogP contribution in [0.4, 0.5) is 5.82 Å². The molecule has 0 saturated carbocycles. The van der Waals surface area contributed by atoms with Gasteiger partial charge >= 0.3 is 0 Å². The van der Waals surface area contributed by atoms with Crippen LogP contribution in [0.25, 0.3) is 0 Å². The normalized spacial score (nSPS) is 15.8. The highest BCUT2D eigenvalue weighted by Crippen LogP contribution is 2.20. The van der Waals surface area contributed by atoms with Gasteiger partial charge in [-0.05, 0) is 57.3 Å². The number of pyridine rings is 1. The molecular weight excluding hydrogens is 248 g/mol. The van der Waals surface area contributed by atoms with Gasteiger partial charge in [-0.25, -0.2) is 4.98 Å². The molecule has 4 nitrogen and oxygen atoms in total. The van der Waals surface area contributed by atoms with Crippen LogP contribution < -0.4 is 10.2 Å². The Morgan fingerprint density at radius 1 is 1.40 bits per heavy atom. The van der Waals surface area contributed by atoms with E-state index in [-0.39, 0.29) is 0 Å². The highest BCUT2D eigenvalue weighted by atomic mass is 15.2. The molecular formula is C16H24N4. The maximum Gasteiger partial charge on any atom is 0.130 e. The average Bonchev–Trinajstić information content (AvgIpc) is 2.47. The first kappa shape index (κ1) is 14.8. The zero-order valence-corrected chi connectivity index (χ0v) is 12.5. The summed E-state index contributed by atoms with van der Waals surface area (Å²) in [5.74, 6) is 1.69. The predicted octanol–water partition coefficient (Wildman–Crippen LogP) is 2.48. The number of nitrogens with one attached hydrogen (secondary N) is 1. The van der Waals surface area contributed by atoms with E-state index in [1.165, 1.54) is 12.8 Å². The van der Waals surface area contributed by atoms with Crippen molar-refractivity contribution in [3.63, 3.8) is 0 Å². The largest absolute Gasteiger partial charge is 0.356 e. The molecule has 1 saturated heterocycles. The van der Waals surface area contributed by atoms with Crippen molar-refractivity contribution in [1.82, 2.24) is 10.3 Å². The molecule has 1 aliphatic rings. The second-order valence-electron chi connectivity index (χ2n) is 5.61. The number of anilines is 1. The standard InChI is InChI=1S/C16H24N4/c1-3-8-20(12-14-4-6-18-7-5-14)16-10-15(11-17)9-13(2)19-16/h9-10,14,18H,3-8,12H2,1-2H3. The van der Waals surface area contributed by atoms with Gasteiger partial charge in [-0.15, -0.1) is 0 Å². The van der Waals surface area contributed by atoms with Crippen molar-refractivity contribution < 1.29 is 0 Å². The van der Waals surface area contributed by atoms with Gasteiger partial charge in [0.25, 0.3) is 0 Å². The number of piperidine rings is 1. The van der Waals surface area contributed by atoms with Crippen molar-refractivity contribution in [2.75, 3.05) is 31.1 Å². The molecule has 0 atom stereocenters. The highest BCUT2D eigenvalue weighted by molar-refractivity contribution is 5.46. The zero-order chi connectivity index (χ0) is 14.4. The lowest BCUT2D eigenvalue weighted by atomic mass is 9.97. The predicted molar refractivity (Wildman–Crippen MR) is 81.8 cm³/mol. The molecule has 1 aromatic heterocycles. The average molecular weight is 272 g/mol. The Hall–Kier alpha value is -1.60. The quantitative estimate of drug-likeness (QED) is 0.894. The minimum Gasteiger partial charge on any atom is -0.356 e. The molecule has 2 heterocycles. The maximum atomic E-state index is 9.12. The fraction of sp³-hybridized carbons (Fsp3) is 0.625. The Kier molecular flexibility index (Phi) is 5.37. The number of hydrogen-bond acceptors (Lipinski definition) is 4. The minimum absolute atomic E-state index is 0.707. The molecule has 0 aromatic carbocycles. The number of aryl methyl sites for hydroxylation is 1. The molecule has 20 heavy (non-hydrogen) atoms. The van der Waals surface area contributed by atoms with Crippen LogP contribution in [0.1, 0.15) is 37.4 Å². The topological polar surface area (TPSA) is 52.0 Å². The lowest BCUT2D eigenvalue weighted by Gasteiger charge is -2.31. The van der Waals surface area contributed by atoms with Gasteiger partial charge < -0.3 is 10.2 Å². The van der Waals surface area contributed by atoms with Crippen molar-refractivity contribution >= 4 is 5.82 Å². The number of rotatable bonds is 5. The molecule has 0 aliphatic carbocycles. The van der Waals surface area contributed by atoms with Crippen molar-refractivity contribution in [1.29, 1.82) is 5.26 Å². The van der Waals surface area contributed by atoms with Crippen LogP contribution in [0, 0.1) is 24.2 Å². The third kappa shape index (κ3) is 3.94. The van der Waals surface area contributed by atoms with Crippen molar-refractivity contribution in [3.05, 3.63) is 23.4 Å². The van der Waals surface area contributed by atoms with Crippen LogP contribution in [-0.4, -0.2) is 31.2 Å². The third-order valence-electron chi connectivity index (χ3n) is 3.82. The summed E-state index contributed by atoms with van der Waals surface area (Å²) in [7, 11) is 0. The summed E-state index contributed by atoms with van der Waals surface area (Å²) in [4.78, 5) is 6.98. The van der Waals surface area contributed by atoms with Gasteiger partial charge in [0.15, 0.2) is 0 Å². The van der Waals surface area contributed by atoms with Crippen molar-refractivity contribution in [3.8, 4) is 6.07 Å². The lowest BCUT2D eigenvalue weighted by Crippen LogP contribution is -2.37. The van der Waals surface area contributed by atoms with Gasteiger partial charge in [0, 0.05) is 18.8 Å². The SMILES string of the molecule is CCCN(CC1CCNCC1)c1cc(C#N)cc(C)n1. The van der Waals surface area contributed by atoms with Crippen LogP contribution in [0.3, 0.4) is 0 Å². The van der Waals surface area contributed by atoms with Gasteiger partial charge in [-0.2, -0.15) is 5.26 Å². The Bertz CT molecular complexity index is 472. The van der Waals surface area contributed by atoms with Crippen LogP contribution >= 0.6 is 0 Å². The van der Waals surface area contributed by atoms with E-state index in [4.69, 9.17) is 5.26 Å². The first-order chi connectivity index (χ1) is 9.72. The Morgan fingerprint density at radius 3 is 2.80 bits per heavy atom. The summed E-state index contributed by atoms with van der Waals surface area (Å²) in [6, 6.07) is 6.00. The monoisotopic (exact) mass is 272 g/mol. The van der Waals surface area contributed by atoms with Crippen molar-refractivity contribution in [2.24, 2.45) is 5.92 Å². The minimum atomic E-state index is 0.707. The summed E-state index contributed by atoms with van der Waals surface area (Å²) in [6.07, 6.45) is 3.57. The van der Waals surface area contributed by atoms with E-state index in [1.807, 2.05) is 19.1 Å². The summed E-state index contributed by atoms with van der Waals surface area (Å²) >= 11 is 0. The summed E-state index contributed by atoms with van der Waals surface area (Å²) < 4.78 is 0. The fourth-order valence-corrected chi connectivity index (χ4v) is 2.82. The number of hydrogen-bond donors (Lipinski definition) is 1. The zero-order valence-electron chi connectivity index (χ0n) is 12.5. The highest BCUT2D eigenvalue weighted by Gasteiger charge is 2.18. The molecule has 0 unspecified atom stereocenters. The van der Waals surface area contributed by atoms with E-state index in [9.17, 15) is 0 Å². The van der Waals surface area contributed by atoms with Crippen LogP contribution in [0.15, 0.2) is 12.1 Å². The van der Waals surface area contributed by atoms with Crippen molar-refractivity contribution in [2.45, 2.75) is 33.1 Å². The van der Waals surface area contributed by atoms with E-state index < -0.39 is 0 Å². The van der Waals surface area contributed by atoms with E-state index in [1.54, 1.807) is 0 Å². The van der Waals surface area contributed by atoms with Crippen LogP contribution in [-0.2, 0) is 0 Å². The summed E-state index contributed by atoms with van der Waals surface area (Å²) in [6.45, 7) is 8.45. The van der Waals surface area contributed by atoms with E-state index in [0.29, 0.717) is 5.56 Å². The molecule has 0 amide bonds. The van der Waals surface area contributed by atoms with Gasteiger partial charge in [-0.1, -0.05) is 6.92 Å². The second kappa shape index (κ2) is 7.25. The molecule has 1 aliphatic heterocycles. The molecule has 1 aromatic rings. The Balaban J connectivity index is 2.14. The molecule has 2 rings (SSSR count). The lowest BCUT2D eigenvalue weighted by molar-refractivity contribution is 0.372. The summed E-state index contributed by atoms with van der Waals surface area (Å²) in [5, 5.41) is 12.5. The molecule has 1 N–H and O–H groups in total. The number of nitriles is 1. The van der Waals surface area contributed by atoms with E-state index >= 15 is 0 Å². The Morgan fingerprint density at radius 2 is 2.15 bits per heavy atom. The van der Waals surface area contributed by atoms with Gasteiger partial charge in [0.2, 0.25) is 0 Å². The third-order valence-corrected chi connectivity index (χ3v) is 3.82. The van der Waals surface area contributed by atoms with Crippen LogP contribution in [0.2, 0.25) is 0 Å². The molecule has 108 valence electrons. The molecule has 0 spiro atoms. The molecule has 1 fully saturated rings.